The van der Waals surface area contributed by atoms with E-state index in [1.54, 1.807) is 14.0 Å². The number of aliphatic carboxylic acids is 1. The molecule has 29 heavy (non-hydrogen) atoms. The Labute approximate surface area is 174 Å². The molecule has 4 aliphatic rings. The molecule has 0 atom stereocenters. The van der Waals surface area contributed by atoms with E-state index in [-0.39, 0.29) is 0 Å². The number of allylic oxidation sites excluding steroid dienone is 5. The normalized spacial score (nSPS) is 31.5. The molecule has 0 heterocycles. The van der Waals surface area contributed by atoms with Gasteiger partial charge in [0.2, 0.25) is 0 Å². The van der Waals surface area contributed by atoms with Gasteiger partial charge >= 0.3 is 5.97 Å². The van der Waals surface area contributed by atoms with Gasteiger partial charge in [0.25, 0.3) is 0 Å². The Bertz CT molecular complexity index is 852. The molecule has 4 saturated carbocycles. The second kappa shape index (κ2) is 7.85. The van der Waals surface area contributed by atoms with Crippen LogP contribution in [0.25, 0.3) is 5.57 Å². The predicted molar refractivity (Wildman–Crippen MR) is 117 cm³/mol. The topological polar surface area (TPSA) is 46.5 Å². The van der Waals surface area contributed by atoms with Crippen molar-refractivity contribution >= 4 is 11.5 Å². The molecule has 0 amide bonds. The number of hydrogen-bond donors (Lipinski definition) is 1. The SMILES string of the molecule is COc1ccc(C(C)=CC=CC(C)=CC(=O)O)cc1C12CC3CC(CC(C3)C1)C2. The highest BCUT2D eigenvalue weighted by Gasteiger charge is 2.52. The summed E-state index contributed by atoms with van der Waals surface area (Å²) in [5.41, 5.74) is 4.84. The third-order valence-corrected chi connectivity index (χ3v) is 7.32. The van der Waals surface area contributed by atoms with E-state index in [2.05, 4.69) is 31.2 Å². The largest absolute Gasteiger partial charge is 0.496 e. The van der Waals surface area contributed by atoms with Crippen LogP contribution in [0.5, 0.6) is 5.75 Å². The summed E-state index contributed by atoms with van der Waals surface area (Å²) in [6.07, 6.45) is 15.3. The summed E-state index contributed by atoms with van der Waals surface area (Å²) in [5.74, 6) is 2.83. The summed E-state index contributed by atoms with van der Waals surface area (Å²) in [6.45, 7) is 3.91. The fraction of sp³-hybridized carbons (Fsp3) is 0.500. The number of methoxy groups -OCH3 is 1. The Morgan fingerprint density at radius 1 is 1.10 bits per heavy atom. The molecule has 0 radical (unpaired) electrons. The average molecular weight is 393 g/mol. The highest BCUT2D eigenvalue weighted by atomic mass is 16.5. The van der Waals surface area contributed by atoms with Crippen molar-refractivity contribution in [3.8, 4) is 5.75 Å². The van der Waals surface area contributed by atoms with Gasteiger partial charge in [0, 0.05) is 11.6 Å². The molecular weight excluding hydrogens is 360 g/mol. The van der Waals surface area contributed by atoms with E-state index in [9.17, 15) is 4.79 Å². The summed E-state index contributed by atoms with van der Waals surface area (Å²) < 4.78 is 5.82. The standard InChI is InChI=1S/C26H32O3/c1-17(9-25(27)28)5-4-6-18(2)22-7-8-24(29-3)23(13-22)26-14-19-10-20(15-26)12-21(11-19)16-26/h4-9,13,19-21H,10-12,14-16H2,1-3H3,(H,27,28). The first-order valence-corrected chi connectivity index (χ1v) is 10.8. The van der Waals surface area contributed by atoms with Crippen molar-refractivity contribution in [2.24, 2.45) is 17.8 Å². The average Bonchev–Trinajstić information content (AvgIpc) is 2.65. The van der Waals surface area contributed by atoms with Crippen LogP contribution in [0.4, 0.5) is 0 Å². The van der Waals surface area contributed by atoms with E-state index in [1.807, 2.05) is 12.2 Å². The molecule has 1 N–H and O–H groups in total. The van der Waals surface area contributed by atoms with Crippen LogP contribution in [0.15, 0.2) is 48.1 Å². The van der Waals surface area contributed by atoms with E-state index in [4.69, 9.17) is 9.84 Å². The van der Waals surface area contributed by atoms with Gasteiger partial charge < -0.3 is 9.84 Å². The van der Waals surface area contributed by atoms with Crippen LogP contribution in [0.1, 0.15) is 63.5 Å². The molecule has 0 unspecified atom stereocenters. The summed E-state index contributed by atoms with van der Waals surface area (Å²) in [4.78, 5) is 10.8. The molecule has 5 rings (SSSR count). The van der Waals surface area contributed by atoms with E-state index < -0.39 is 5.97 Å². The molecule has 0 aliphatic heterocycles. The minimum atomic E-state index is -0.914. The molecule has 3 heteroatoms. The maximum absolute atomic E-state index is 10.8. The minimum Gasteiger partial charge on any atom is -0.496 e. The van der Waals surface area contributed by atoms with Crippen LogP contribution in [0, 0.1) is 17.8 Å². The van der Waals surface area contributed by atoms with Crippen LogP contribution in [0.2, 0.25) is 0 Å². The van der Waals surface area contributed by atoms with Crippen molar-refractivity contribution in [1.29, 1.82) is 0 Å². The molecule has 0 aromatic heterocycles. The molecule has 4 bridgehead atoms. The smallest absolute Gasteiger partial charge is 0.328 e. The lowest BCUT2D eigenvalue weighted by Gasteiger charge is -2.57. The first-order chi connectivity index (χ1) is 13.9. The van der Waals surface area contributed by atoms with Crippen molar-refractivity contribution in [1.82, 2.24) is 0 Å². The Hall–Kier alpha value is -2.29. The molecule has 4 aliphatic carbocycles. The van der Waals surface area contributed by atoms with Gasteiger partial charge in [-0.3, -0.25) is 0 Å². The van der Waals surface area contributed by atoms with Crippen molar-refractivity contribution in [2.75, 3.05) is 7.11 Å². The van der Waals surface area contributed by atoms with Gasteiger partial charge in [-0.25, -0.2) is 4.79 Å². The molecule has 3 nitrogen and oxygen atoms in total. The number of carbonyl (C=O) groups is 1. The van der Waals surface area contributed by atoms with Crippen molar-refractivity contribution in [3.05, 3.63) is 59.2 Å². The van der Waals surface area contributed by atoms with E-state index in [1.165, 1.54) is 61.3 Å². The van der Waals surface area contributed by atoms with E-state index in [0.717, 1.165) is 29.1 Å². The maximum Gasteiger partial charge on any atom is 0.328 e. The second-order valence-electron chi connectivity index (χ2n) is 9.55. The first-order valence-electron chi connectivity index (χ1n) is 10.8. The van der Waals surface area contributed by atoms with Crippen molar-refractivity contribution < 1.29 is 14.6 Å². The third-order valence-electron chi connectivity index (χ3n) is 7.32. The lowest BCUT2D eigenvalue weighted by Crippen LogP contribution is -2.48. The summed E-state index contributed by atoms with van der Waals surface area (Å²) in [6, 6.07) is 6.65. The quantitative estimate of drug-likeness (QED) is 0.466. The zero-order valence-electron chi connectivity index (χ0n) is 17.8. The summed E-state index contributed by atoms with van der Waals surface area (Å²) in [5, 5.41) is 8.83. The minimum absolute atomic E-state index is 0.299. The van der Waals surface area contributed by atoms with Crippen molar-refractivity contribution in [2.45, 2.75) is 57.8 Å². The molecule has 1 aromatic carbocycles. The Kier molecular flexibility index (Phi) is 5.42. The number of carboxylic acids is 1. The van der Waals surface area contributed by atoms with Gasteiger partial charge in [0.15, 0.2) is 0 Å². The predicted octanol–water partition coefficient (Wildman–Crippen LogP) is 6.15. The van der Waals surface area contributed by atoms with Gasteiger partial charge in [0.05, 0.1) is 7.11 Å². The van der Waals surface area contributed by atoms with Crippen LogP contribution in [-0.4, -0.2) is 18.2 Å². The zero-order chi connectivity index (χ0) is 20.6. The Balaban J connectivity index is 1.63. The Morgan fingerprint density at radius 2 is 1.72 bits per heavy atom. The molecule has 0 saturated heterocycles. The van der Waals surface area contributed by atoms with Crippen LogP contribution < -0.4 is 4.74 Å². The molecular formula is C26H32O3. The monoisotopic (exact) mass is 392 g/mol. The third kappa shape index (κ3) is 4.05. The number of hydrogen-bond acceptors (Lipinski definition) is 2. The number of rotatable bonds is 6. The number of carboxylic acid groups (broad SMARTS) is 1. The van der Waals surface area contributed by atoms with E-state index in [0.29, 0.717) is 5.41 Å². The zero-order valence-corrected chi connectivity index (χ0v) is 17.8. The maximum atomic E-state index is 10.8. The number of ether oxygens (including phenoxy) is 1. The summed E-state index contributed by atoms with van der Waals surface area (Å²) >= 11 is 0. The van der Waals surface area contributed by atoms with Crippen molar-refractivity contribution in [3.63, 3.8) is 0 Å². The van der Waals surface area contributed by atoms with Crippen LogP contribution in [-0.2, 0) is 10.2 Å². The molecule has 4 fully saturated rings. The molecule has 0 spiro atoms. The van der Waals surface area contributed by atoms with Gasteiger partial charge in [-0.2, -0.15) is 0 Å². The lowest BCUT2D eigenvalue weighted by molar-refractivity contribution is -0.131. The lowest BCUT2D eigenvalue weighted by atomic mass is 9.48. The second-order valence-corrected chi connectivity index (χ2v) is 9.55. The van der Waals surface area contributed by atoms with Crippen LogP contribution >= 0.6 is 0 Å². The highest BCUT2D eigenvalue weighted by molar-refractivity contribution is 5.81. The van der Waals surface area contributed by atoms with Gasteiger partial charge in [0.1, 0.15) is 5.75 Å². The van der Waals surface area contributed by atoms with Gasteiger partial charge in [-0.15, -0.1) is 0 Å². The molecule has 154 valence electrons. The van der Waals surface area contributed by atoms with Gasteiger partial charge in [-0.05, 0) is 104 Å². The van der Waals surface area contributed by atoms with Crippen LogP contribution in [0.3, 0.4) is 0 Å². The summed E-state index contributed by atoms with van der Waals surface area (Å²) in [7, 11) is 1.79. The van der Waals surface area contributed by atoms with E-state index >= 15 is 0 Å². The first kappa shape index (κ1) is 20.0. The van der Waals surface area contributed by atoms with Gasteiger partial charge in [-0.1, -0.05) is 24.3 Å². The molecule has 1 aromatic rings. The number of benzene rings is 1. The highest BCUT2D eigenvalue weighted by Crippen LogP contribution is 2.62. The Morgan fingerprint density at radius 3 is 2.28 bits per heavy atom. The fourth-order valence-corrected chi connectivity index (χ4v) is 6.49. The fourth-order valence-electron chi connectivity index (χ4n) is 6.49.